The zero-order chi connectivity index (χ0) is 23.1. The summed E-state index contributed by atoms with van der Waals surface area (Å²) >= 11 is 9.69. The molecule has 1 heterocycles. The molecule has 0 saturated carbocycles. The van der Waals surface area contributed by atoms with E-state index in [0.717, 1.165) is 67.2 Å². The predicted molar refractivity (Wildman–Crippen MR) is 135 cm³/mol. The van der Waals surface area contributed by atoms with Gasteiger partial charge in [-0.2, -0.15) is 0 Å². The molecule has 3 rings (SSSR count). The monoisotopic (exact) mass is 520 g/mol. The van der Waals surface area contributed by atoms with E-state index in [1.165, 1.54) is 12.7 Å². The highest BCUT2D eigenvalue weighted by molar-refractivity contribution is 9.10. The van der Waals surface area contributed by atoms with Crippen LogP contribution in [0.25, 0.3) is 0 Å². The maximum atomic E-state index is 13.0. The van der Waals surface area contributed by atoms with Gasteiger partial charge >= 0.3 is 5.97 Å². The van der Waals surface area contributed by atoms with Gasteiger partial charge in [0.2, 0.25) is 0 Å². The molecule has 1 aliphatic rings. The SMILES string of the molecule is COC(=O)C(CCCN1CCN(Cc2cccc(Cl)c2)CC1)(c1cccc(Br)c1)C(C)C. The molecule has 2 aromatic rings. The number of carbonyl (C=O) groups excluding carboxylic acids is 1. The Morgan fingerprint density at radius 3 is 2.41 bits per heavy atom. The summed E-state index contributed by atoms with van der Waals surface area (Å²) in [4.78, 5) is 18.0. The number of piperazine rings is 1. The highest BCUT2D eigenvalue weighted by Crippen LogP contribution is 2.39. The number of methoxy groups -OCH3 is 1. The van der Waals surface area contributed by atoms with Crippen LogP contribution in [-0.4, -0.2) is 55.6 Å². The highest BCUT2D eigenvalue weighted by Gasteiger charge is 2.44. The van der Waals surface area contributed by atoms with Gasteiger partial charge in [-0.05, 0) is 60.7 Å². The molecule has 0 amide bonds. The summed E-state index contributed by atoms with van der Waals surface area (Å²) in [5, 5.41) is 0.797. The van der Waals surface area contributed by atoms with Crippen molar-refractivity contribution < 1.29 is 9.53 Å². The van der Waals surface area contributed by atoms with Gasteiger partial charge in [0.05, 0.1) is 12.5 Å². The first-order valence-corrected chi connectivity index (χ1v) is 12.6. The lowest BCUT2D eigenvalue weighted by Gasteiger charge is -2.38. The first-order chi connectivity index (χ1) is 15.3. The largest absolute Gasteiger partial charge is 0.468 e. The van der Waals surface area contributed by atoms with Gasteiger partial charge in [0.25, 0.3) is 0 Å². The quantitative estimate of drug-likeness (QED) is 0.392. The van der Waals surface area contributed by atoms with Crippen LogP contribution in [0.4, 0.5) is 0 Å². The van der Waals surface area contributed by atoms with Crippen molar-refractivity contribution >= 4 is 33.5 Å². The minimum Gasteiger partial charge on any atom is -0.468 e. The average molecular weight is 522 g/mol. The number of halogens is 2. The van der Waals surface area contributed by atoms with Crippen LogP contribution in [0.15, 0.2) is 53.0 Å². The van der Waals surface area contributed by atoms with Gasteiger partial charge in [-0.1, -0.05) is 65.6 Å². The van der Waals surface area contributed by atoms with Gasteiger partial charge in [0.1, 0.15) is 0 Å². The van der Waals surface area contributed by atoms with E-state index < -0.39 is 5.41 Å². The fourth-order valence-electron chi connectivity index (χ4n) is 4.82. The Bertz CT molecular complexity index is 899. The van der Waals surface area contributed by atoms with Crippen molar-refractivity contribution in [1.82, 2.24) is 9.80 Å². The molecule has 0 N–H and O–H groups in total. The summed E-state index contributed by atoms with van der Waals surface area (Å²) in [5.74, 6) is -0.00395. The van der Waals surface area contributed by atoms with E-state index in [9.17, 15) is 4.79 Å². The van der Waals surface area contributed by atoms with Gasteiger partial charge in [0.15, 0.2) is 0 Å². The first-order valence-electron chi connectivity index (χ1n) is 11.4. The molecule has 32 heavy (non-hydrogen) atoms. The van der Waals surface area contributed by atoms with E-state index in [4.69, 9.17) is 16.3 Å². The summed E-state index contributed by atoms with van der Waals surface area (Å²) in [5.41, 5.74) is 1.66. The van der Waals surface area contributed by atoms with E-state index in [1.807, 2.05) is 30.3 Å². The van der Waals surface area contributed by atoms with E-state index in [0.29, 0.717) is 0 Å². The van der Waals surface area contributed by atoms with Crippen LogP contribution >= 0.6 is 27.5 Å². The molecule has 0 spiro atoms. The van der Waals surface area contributed by atoms with Gasteiger partial charge in [-0.3, -0.25) is 9.69 Å². The summed E-state index contributed by atoms with van der Waals surface area (Å²) in [6.45, 7) is 10.4. The molecule has 0 aliphatic carbocycles. The van der Waals surface area contributed by atoms with Crippen LogP contribution in [0.2, 0.25) is 5.02 Å². The van der Waals surface area contributed by atoms with E-state index >= 15 is 0 Å². The number of rotatable bonds is 9. The molecule has 1 unspecified atom stereocenters. The molecular weight excluding hydrogens is 488 g/mol. The van der Waals surface area contributed by atoms with E-state index in [-0.39, 0.29) is 11.9 Å². The number of esters is 1. The van der Waals surface area contributed by atoms with Crippen LogP contribution in [-0.2, 0) is 21.5 Å². The zero-order valence-electron chi connectivity index (χ0n) is 19.3. The number of ether oxygens (including phenoxy) is 1. The molecule has 6 heteroatoms. The molecule has 0 bridgehead atoms. The third-order valence-electron chi connectivity index (χ3n) is 6.68. The standard InChI is InChI=1S/C26H34BrClN2O2/c1-20(2)26(25(31)32-3,22-8-5-9-23(27)18-22)11-6-12-29-13-15-30(16-14-29)19-21-7-4-10-24(28)17-21/h4-5,7-10,17-18,20H,6,11-16,19H2,1-3H3. The lowest BCUT2D eigenvalue weighted by molar-refractivity contribution is -0.150. The number of carbonyl (C=O) groups is 1. The smallest absolute Gasteiger partial charge is 0.316 e. The van der Waals surface area contributed by atoms with Crippen molar-refractivity contribution in [2.75, 3.05) is 39.8 Å². The predicted octanol–water partition coefficient (Wildman–Crippen LogP) is 5.77. The average Bonchev–Trinajstić information content (AvgIpc) is 2.77. The van der Waals surface area contributed by atoms with Crippen molar-refractivity contribution in [3.05, 3.63) is 69.2 Å². The first kappa shape index (κ1) is 25.2. The Hall–Kier alpha value is -1.40. The molecule has 1 fully saturated rings. The number of hydrogen-bond donors (Lipinski definition) is 0. The topological polar surface area (TPSA) is 32.8 Å². The third kappa shape index (κ3) is 6.13. The lowest BCUT2D eigenvalue weighted by atomic mass is 9.68. The van der Waals surface area contributed by atoms with Crippen LogP contribution in [0.5, 0.6) is 0 Å². The third-order valence-corrected chi connectivity index (χ3v) is 7.41. The Kier molecular flexibility index (Phi) is 9.18. The second kappa shape index (κ2) is 11.6. The Morgan fingerprint density at radius 2 is 1.78 bits per heavy atom. The maximum Gasteiger partial charge on any atom is 0.316 e. The van der Waals surface area contributed by atoms with E-state index in [1.54, 1.807) is 0 Å². The summed E-state index contributed by atoms with van der Waals surface area (Å²) in [6.07, 6.45) is 1.73. The number of nitrogens with zero attached hydrogens (tertiary/aromatic N) is 2. The molecule has 1 atom stereocenters. The number of benzene rings is 2. The molecule has 0 aromatic heterocycles. The molecule has 0 radical (unpaired) electrons. The van der Waals surface area contributed by atoms with Crippen LogP contribution in [0.1, 0.15) is 37.8 Å². The second-order valence-corrected chi connectivity index (χ2v) is 10.3. The van der Waals surface area contributed by atoms with Gasteiger partial charge in [-0.15, -0.1) is 0 Å². The molecule has 2 aromatic carbocycles. The lowest BCUT2D eigenvalue weighted by Crippen LogP contribution is -2.47. The van der Waals surface area contributed by atoms with Gasteiger partial charge in [-0.25, -0.2) is 0 Å². The van der Waals surface area contributed by atoms with Crippen molar-refractivity contribution in [2.45, 2.75) is 38.6 Å². The van der Waals surface area contributed by atoms with Crippen molar-refractivity contribution in [1.29, 1.82) is 0 Å². The maximum absolute atomic E-state index is 13.0. The fraction of sp³-hybridized carbons (Fsp3) is 0.500. The minimum absolute atomic E-state index is 0.138. The molecule has 1 aliphatic heterocycles. The molecule has 174 valence electrons. The molecular formula is C26H34BrClN2O2. The summed E-state index contributed by atoms with van der Waals surface area (Å²) in [7, 11) is 1.50. The summed E-state index contributed by atoms with van der Waals surface area (Å²) in [6, 6.07) is 16.2. The summed E-state index contributed by atoms with van der Waals surface area (Å²) < 4.78 is 6.29. The van der Waals surface area contributed by atoms with Gasteiger partial charge in [0, 0.05) is 42.2 Å². The van der Waals surface area contributed by atoms with Gasteiger partial charge < -0.3 is 9.64 Å². The minimum atomic E-state index is -0.632. The van der Waals surface area contributed by atoms with Crippen molar-refractivity contribution in [2.24, 2.45) is 5.92 Å². The molecule has 4 nitrogen and oxygen atoms in total. The van der Waals surface area contributed by atoms with Crippen molar-refractivity contribution in [3.63, 3.8) is 0 Å². The highest BCUT2D eigenvalue weighted by atomic mass is 79.9. The Balaban J connectivity index is 1.58. The Labute approximate surface area is 206 Å². The number of hydrogen-bond acceptors (Lipinski definition) is 4. The Morgan fingerprint density at radius 1 is 1.09 bits per heavy atom. The normalized spacial score (nSPS) is 17.3. The molecule has 1 saturated heterocycles. The van der Waals surface area contributed by atoms with Crippen LogP contribution in [0.3, 0.4) is 0 Å². The van der Waals surface area contributed by atoms with Crippen LogP contribution in [0, 0.1) is 5.92 Å². The fourth-order valence-corrected chi connectivity index (χ4v) is 5.43. The van der Waals surface area contributed by atoms with Crippen molar-refractivity contribution in [3.8, 4) is 0 Å². The second-order valence-electron chi connectivity index (χ2n) is 8.98. The zero-order valence-corrected chi connectivity index (χ0v) is 21.7. The van der Waals surface area contributed by atoms with Crippen LogP contribution < -0.4 is 0 Å². The van der Waals surface area contributed by atoms with E-state index in [2.05, 4.69) is 57.8 Å².